The molecule has 54 valence electrons. The fourth-order valence-electron chi connectivity index (χ4n) is 0.563. The predicted octanol–water partition coefficient (Wildman–Crippen LogP) is -0.946. The van der Waals surface area contributed by atoms with Crippen molar-refractivity contribution in [1.82, 2.24) is 4.90 Å². The van der Waals surface area contributed by atoms with E-state index in [-0.39, 0.29) is 12.3 Å². The van der Waals surface area contributed by atoms with E-state index in [9.17, 15) is 4.79 Å². The zero-order chi connectivity index (χ0) is 7.44. The summed E-state index contributed by atoms with van der Waals surface area (Å²) in [7, 11) is 0. The van der Waals surface area contributed by atoms with Crippen LogP contribution in [0.15, 0.2) is 0 Å². The number of hydrogen-bond donors (Lipinski definition) is 2. The third-order valence-electron chi connectivity index (χ3n) is 1.06. The molecule has 4 heteroatoms. The molecule has 0 aromatic rings. The minimum Gasteiger partial charge on any atom is -0.315 e. The number of carbonyl (C=O) groups excluding carboxylic acids is 1. The van der Waals surface area contributed by atoms with Crippen LogP contribution in [0, 0.1) is 0 Å². The van der Waals surface area contributed by atoms with Crippen LogP contribution in [0.5, 0.6) is 0 Å². The minimum atomic E-state index is -0.303. The summed E-state index contributed by atoms with van der Waals surface area (Å²) in [5.74, 6) is 0. The molecule has 0 fully saturated rings. The van der Waals surface area contributed by atoms with E-state index < -0.39 is 0 Å². The number of hydrogen-bond acceptors (Lipinski definition) is 3. The lowest BCUT2D eigenvalue weighted by Gasteiger charge is -2.24. The molecular weight excluding hydrogens is 118 g/mol. The highest BCUT2D eigenvalue weighted by atomic mass is 16.1. The molecule has 4 N–H and O–H groups in total. The highest BCUT2D eigenvalue weighted by Crippen LogP contribution is 1.90. The lowest BCUT2D eigenvalue weighted by atomic mass is 10.4. The number of rotatable bonds is 3. The van der Waals surface area contributed by atoms with E-state index in [2.05, 4.69) is 0 Å². The van der Waals surface area contributed by atoms with Crippen LogP contribution in [0.2, 0.25) is 0 Å². The monoisotopic (exact) mass is 131 g/mol. The van der Waals surface area contributed by atoms with Gasteiger partial charge in [-0.15, -0.1) is 0 Å². The van der Waals surface area contributed by atoms with Gasteiger partial charge in [0.1, 0.15) is 0 Å². The first-order chi connectivity index (χ1) is 4.09. The normalized spacial score (nSPS) is 16.4. The van der Waals surface area contributed by atoms with E-state index in [0.29, 0.717) is 6.41 Å². The van der Waals surface area contributed by atoms with Crippen LogP contribution in [0.1, 0.15) is 13.8 Å². The predicted molar refractivity (Wildman–Crippen MR) is 35.2 cm³/mol. The van der Waals surface area contributed by atoms with E-state index in [1.54, 1.807) is 13.8 Å². The quantitative estimate of drug-likeness (QED) is 0.383. The van der Waals surface area contributed by atoms with E-state index in [1.807, 2.05) is 0 Å². The zero-order valence-electron chi connectivity index (χ0n) is 5.74. The SMILES string of the molecule is CC(N)N(C=O)C(C)N. The van der Waals surface area contributed by atoms with E-state index >= 15 is 0 Å². The van der Waals surface area contributed by atoms with Crippen LogP contribution in [0.4, 0.5) is 0 Å². The molecule has 0 aliphatic heterocycles. The molecule has 0 aromatic carbocycles. The lowest BCUT2D eigenvalue weighted by molar-refractivity contribution is -0.121. The van der Waals surface area contributed by atoms with E-state index in [1.165, 1.54) is 4.90 Å². The van der Waals surface area contributed by atoms with Crippen LogP contribution < -0.4 is 11.5 Å². The number of nitrogens with zero attached hydrogens (tertiary/aromatic N) is 1. The Bertz CT molecular complexity index is 84.2. The number of carbonyl (C=O) groups is 1. The van der Waals surface area contributed by atoms with Crippen LogP contribution in [0.25, 0.3) is 0 Å². The van der Waals surface area contributed by atoms with Crippen molar-refractivity contribution < 1.29 is 4.79 Å². The first-order valence-electron chi connectivity index (χ1n) is 2.83. The van der Waals surface area contributed by atoms with E-state index in [0.717, 1.165) is 0 Å². The van der Waals surface area contributed by atoms with Gasteiger partial charge in [-0.1, -0.05) is 0 Å². The Labute approximate surface area is 54.8 Å². The van der Waals surface area contributed by atoms with Crippen molar-refractivity contribution in [3.8, 4) is 0 Å². The fourth-order valence-corrected chi connectivity index (χ4v) is 0.563. The van der Waals surface area contributed by atoms with Gasteiger partial charge in [0.15, 0.2) is 0 Å². The van der Waals surface area contributed by atoms with Crippen molar-refractivity contribution >= 4 is 6.41 Å². The summed E-state index contributed by atoms with van der Waals surface area (Å²) in [6, 6.07) is 0. The summed E-state index contributed by atoms with van der Waals surface area (Å²) in [5, 5.41) is 0. The second kappa shape index (κ2) is 3.42. The smallest absolute Gasteiger partial charge is 0.212 e. The lowest BCUT2D eigenvalue weighted by Crippen LogP contribution is -2.48. The molecule has 0 aliphatic rings. The highest BCUT2D eigenvalue weighted by molar-refractivity contribution is 5.47. The van der Waals surface area contributed by atoms with Crippen molar-refractivity contribution in [3.63, 3.8) is 0 Å². The molecule has 0 saturated carbocycles. The Balaban J connectivity index is 3.82. The molecule has 4 nitrogen and oxygen atoms in total. The molecule has 0 heterocycles. The zero-order valence-corrected chi connectivity index (χ0v) is 5.74. The molecule has 0 rings (SSSR count). The minimum absolute atomic E-state index is 0.303. The average Bonchev–Trinajstić information content (AvgIpc) is 1.64. The van der Waals surface area contributed by atoms with Crippen molar-refractivity contribution in [2.24, 2.45) is 11.5 Å². The Morgan fingerprint density at radius 3 is 1.67 bits per heavy atom. The van der Waals surface area contributed by atoms with Crippen LogP contribution >= 0.6 is 0 Å². The van der Waals surface area contributed by atoms with Crippen molar-refractivity contribution in [3.05, 3.63) is 0 Å². The number of amides is 1. The van der Waals surface area contributed by atoms with Crippen molar-refractivity contribution in [2.75, 3.05) is 0 Å². The fraction of sp³-hybridized carbons (Fsp3) is 0.800. The molecule has 0 aliphatic carbocycles. The van der Waals surface area contributed by atoms with Gasteiger partial charge in [0.05, 0.1) is 12.3 Å². The molecule has 2 atom stereocenters. The maximum Gasteiger partial charge on any atom is 0.212 e. The maximum absolute atomic E-state index is 10.2. The molecule has 0 saturated heterocycles. The molecule has 1 amide bonds. The van der Waals surface area contributed by atoms with Gasteiger partial charge >= 0.3 is 0 Å². The van der Waals surface area contributed by atoms with Crippen LogP contribution in [-0.4, -0.2) is 23.6 Å². The third-order valence-corrected chi connectivity index (χ3v) is 1.06. The summed E-state index contributed by atoms with van der Waals surface area (Å²) in [6.07, 6.45) is 0.0417. The molecule has 0 radical (unpaired) electrons. The topological polar surface area (TPSA) is 72.3 Å². The van der Waals surface area contributed by atoms with Gasteiger partial charge in [-0.2, -0.15) is 0 Å². The maximum atomic E-state index is 10.2. The Kier molecular flexibility index (Phi) is 3.19. The first-order valence-corrected chi connectivity index (χ1v) is 2.83. The van der Waals surface area contributed by atoms with Gasteiger partial charge in [-0.25, -0.2) is 0 Å². The van der Waals surface area contributed by atoms with Gasteiger partial charge < -0.3 is 16.4 Å². The number of nitrogens with two attached hydrogens (primary N) is 2. The second-order valence-corrected chi connectivity index (χ2v) is 2.03. The molecule has 2 unspecified atom stereocenters. The van der Waals surface area contributed by atoms with Gasteiger partial charge in [0, 0.05) is 0 Å². The molecule has 9 heavy (non-hydrogen) atoms. The summed E-state index contributed by atoms with van der Waals surface area (Å²) in [4.78, 5) is 11.5. The Morgan fingerprint density at radius 2 is 1.67 bits per heavy atom. The third kappa shape index (κ3) is 2.43. The standard InChI is InChI=1S/C5H13N3O/c1-4(6)8(3-9)5(2)7/h3-5H,6-7H2,1-2H3. The summed E-state index contributed by atoms with van der Waals surface area (Å²) >= 11 is 0. The summed E-state index contributed by atoms with van der Waals surface area (Å²) in [6.45, 7) is 3.41. The van der Waals surface area contributed by atoms with Crippen LogP contribution in [0.3, 0.4) is 0 Å². The van der Waals surface area contributed by atoms with Gasteiger partial charge in [-0.05, 0) is 13.8 Å². The Hall–Kier alpha value is -0.610. The molecular formula is C5H13N3O. The van der Waals surface area contributed by atoms with Crippen molar-refractivity contribution in [1.29, 1.82) is 0 Å². The Morgan fingerprint density at radius 1 is 1.33 bits per heavy atom. The van der Waals surface area contributed by atoms with E-state index in [4.69, 9.17) is 11.5 Å². The molecule has 0 bridgehead atoms. The summed E-state index contributed by atoms with van der Waals surface area (Å²) < 4.78 is 0. The van der Waals surface area contributed by atoms with Crippen LogP contribution in [-0.2, 0) is 4.79 Å². The van der Waals surface area contributed by atoms with Gasteiger partial charge in [0.25, 0.3) is 0 Å². The highest BCUT2D eigenvalue weighted by Gasteiger charge is 2.09. The largest absolute Gasteiger partial charge is 0.315 e. The van der Waals surface area contributed by atoms with Gasteiger partial charge in [0.2, 0.25) is 6.41 Å². The molecule has 0 aromatic heterocycles. The molecule has 0 spiro atoms. The second-order valence-electron chi connectivity index (χ2n) is 2.03. The van der Waals surface area contributed by atoms with Crippen molar-refractivity contribution in [2.45, 2.75) is 26.2 Å². The van der Waals surface area contributed by atoms with Gasteiger partial charge in [-0.3, -0.25) is 4.79 Å². The first kappa shape index (κ1) is 8.39. The summed E-state index contributed by atoms with van der Waals surface area (Å²) in [5.41, 5.74) is 10.7. The average molecular weight is 131 g/mol.